The number of phenols is 1. The Bertz CT molecular complexity index is 1050. The molecule has 0 bridgehead atoms. The van der Waals surface area contributed by atoms with Gasteiger partial charge in [0.1, 0.15) is 17.4 Å². The van der Waals surface area contributed by atoms with Crippen LogP contribution in [0, 0.1) is 11.6 Å². The van der Waals surface area contributed by atoms with Crippen molar-refractivity contribution in [2.75, 3.05) is 23.7 Å². The Kier molecular flexibility index (Phi) is 7.16. The van der Waals surface area contributed by atoms with Crippen LogP contribution in [-0.4, -0.2) is 30.0 Å². The highest BCUT2D eigenvalue weighted by Gasteiger charge is 2.14. The van der Waals surface area contributed by atoms with E-state index in [1.165, 1.54) is 18.2 Å². The van der Waals surface area contributed by atoms with Gasteiger partial charge in [0.15, 0.2) is 0 Å². The molecule has 4 N–H and O–H groups in total. The van der Waals surface area contributed by atoms with Gasteiger partial charge in [-0.3, -0.25) is 9.59 Å². The van der Waals surface area contributed by atoms with E-state index in [4.69, 9.17) is 0 Å². The summed E-state index contributed by atoms with van der Waals surface area (Å²) in [5, 5.41) is 18.5. The fourth-order valence-corrected chi connectivity index (χ4v) is 2.86. The monoisotopic (exact) mass is 425 g/mol. The van der Waals surface area contributed by atoms with Gasteiger partial charge in [-0.05, 0) is 42.8 Å². The molecular weight excluding hydrogens is 404 g/mol. The third-order valence-electron chi connectivity index (χ3n) is 4.37. The van der Waals surface area contributed by atoms with Gasteiger partial charge in [0.25, 0.3) is 11.8 Å². The van der Waals surface area contributed by atoms with Crippen molar-refractivity contribution < 1.29 is 23.5 Å². The average Bonchev–Trinajstić information content (AvgIpc) is 2.73. The standard InChI is InChI=1S/C23H21F2N3O3/c24-16-11-15(12-17(25)13-16)22(30)28-19-7-8-20(21(29)14-19)23(31)27-10-4-9-26-18-5-2-1-3-6-18/h1-3,5-8,11-14,26,29H,4,9-10H2,(H,27,31)(H,28,30). The number of anilines is 2. The summed E-state index contributed by atoms with van der Waals surface area (Å²) in [7, 11) is 0. The average molecular weight is 425 g/mol. The van der Waals surface area contributed by atoms with Crippen LogP contribution in [0.3, 0.4) is 0 Å². The molecule has 0 aliphatic heterocycles. The summed E-state index contributed by atoms with van der Waals surface area (Å²) in [5.74, 6) is -3.29. The molecule has 31 heavy (non-hydrogen) atoms. The number of aromatic hydroxyl groups is 1. The van der Waals surface area contributed by atoms with Crippen LogP contribution >= 0.6 is 0 Å². The normalized spacial score (nSPS) is 10.4. The SMILES string of the molecule is O=C(Nc1ccc(C(=O)NCCCNc2ccccc2)c(O)c1)c1cc(F)cc(F)c1. The zero-order valence-corrected chi connectivity index (χ0v) is 16.5. The molecule has 0 aliphatic carbocycles. The van der Waals surface area contributed by atoms with E-state index in [9.17, 15) is 23.5 Å². The number of halogens is 2. The predicted molar refractivity (Wildman–Crippen MR) is 114 cm³/mol. The Hall–Kier alpha value is -3.94. The van der Waals surface area contributed by atoms with Gasteiger partial charge in [-0.1, -0.05) is 18.2 Å². The minimum absolute atomic E-state index is 0.0471. The number of para-hydroxylation sites is 1. The Balaban J connectivity index is 1.51. The molecule has 3 aromatic rings. The number of carbonyl (C=O) groups excluding carboxylic acids is 2. The fourth-order valence-electron chi connectivity index (χ4n) is 2.86. The lowest BCUT2D eigenvalue weighted by Crippen LogP contribution is -2.26. The van der Waals surface area contributed by atoms with Crippen molar-refractivity contribution in [3.8, 4) is 5.75 Å². The molecule has 0 saturated heterocycles. The molecule has 0 fully saturated rings. The van der Waals surface area contributed by atoms with Gasteiger partial charge in [-0.15, -0.1) is 0 Å². The van der Waals surface area contributed by atoms with Crippen LogP contribution in [0.4, 0.5) is 20.2 Å². The van der Waals surface area contributed by atoms with Gasteiger partial charge in [0.2, 0.25) is 0 Å². The van der Waals surface area contributed by atoms with E-state index >= 15 is 0 Å². The first-order chi connectivity index (χ1) is 14.9. The number of carbonyl (C=O) groups is 2. The van der Waals surface area contributed by atoms with Gasteiger partial charge < -0.3 is 21.1 Å². The molecule has 3 rings (SSSR count). The van der Waals surface area contributed by atoms with Gasteiger partial charge in [0, 0.05) is 42.2 Å². The van der Waals surface area contributed by atoms with Crippen molar-refractivity contribution in [3.05, 3.63) is 89.5 Å². The molecule has 0 spiro atoms. The maximum atomic E-state index is 13.3. The molecule has 160 valence electrons. The van der Waals surface area contributed by atoms with Crippen molar-refractivity contribution in [1.29, 1.82) is 0 Å². The number of rotatable bonds is 8. The van der Waals surface area contributed by atoms with Crippen LogP contribution in [-0.2, 0) is 0 Å². The zero-order valence-electron chi connectivity index (χ0n) is 16.5. The van der Waals surface area contributed by atoms with Crippen molar-refractivity contribution in [1.82, 2.24) is 5.32 Å². The van der Waals surface area contributed by atoms with Crippen molar-refractivity contribution in [2.45, 2.75) is 6.42 Å². The quantitative estimate of drug-likeness (QED) is 0.408. The lowest BCUT2D eigenvalue weighted by atomic mass is 10.1. The summed E-state index contributed by atoms with van der Waals surface area (Å²) in [4.78, 5) is 24.4. The Morgan fingerprint density at radius 2 is 1.52 bits per heavy atom. The largest absolute Gasteiger partial charge is 0.507 e. The molecule has 0 saturated carbocycles. The molecule has 0 atom stereocenters. The Labute approximate surface area is 177 Å². The number of phenolic OH excluding ortho intramolecular Hbond substituents is 1. The van der Waals surface area contributed by atoms with Crippen molar-refractivity contribution in [2.24, 2.45) is 0 Å². The fraction of sp³-hybridized carbons (Fsp3) is 0.130. The molecule has 0 heterocycles. The van der Waals surface area contributed by atoms with Crippen molar-refractivity contribution in [3.63, 3.8) is 0 Å². The second-order valence-electron chi connectivity index (χ2n) is 6.75. The molecule has 0 unspecified atom stereocenters. The van der Waals surface area contributed by atoms with Crippen LogP contribution in [0.15, 0.2) is 66.7 Å². The third kappa shape index (κ3) is 6.27. The number of hydrogen-bond acceptors (Lipinski definition) is 4. The van der Waals surface area contributed by atoms with Crippen LogP contribution in [0.1, 0.15) is 27.1 Å². The lowest BCUT2D eigenvalue weighted by molar-refractivity contribution is 0.0950. The number of amides is 2. The highest BCUT2D eigenvalue weighted by atomic mass is 19.1. The van der Waals surface area contributed by atoms with Gasteiger partial charge in [0.05, 0.1) is 5.56 Å². The maximum Gasteiger partial charge on any atom is 0.255 e. The van der Waals surface area contributed by atoms with E-state index in [2.05, 4.69) is 16.0 Å². The Morgan fingerprint density at radius 3 is 2.19 bits per heavy atom. The molecule has 8 heteroatoms. The minimum Gasteiger partial charge on any atom is -0.507 e. The van der Waals surface area contributed by atoms with Gasteiger partial charge in [-0.2, -0.15) is 0 Å². The molecule has 3 aromatic carbocycles. The van der Waals surface area contributed by atoms with Crippen LogP contribution in [0.2, 0.25) is 0 Å². The molecule has 0 aromatic heterocycles. The van der Waals surface area contributed by atoms with Gasteiger partial charge in [-0.25, -0.2) is 8.78 Å². The number of benzene rings is 3. The Morgan fingerprint density at radius 1 is 0.806 bits per heavy atom. The lowest BCUT2D eigenvalue weighted by Gasteiger charge is -2.10. The zero-order chi connectivity index (χ0) is 22.2. The van der Waals surface area contributed by atoms with E-state index < -0.39 is 23.4 Å². The summed E-state index contributed by atoms with van der Waals surface area (Å²) < 4.78 is 26.5. The van der Waals surface area contributed by atoms with E-state index in [0.29, 0.717) is 25.6 Å². The van der Waals surface area contributed by atoms with E-state index in [1.54, 1.807) is 0 Å². The molecule has 6 nitrogen and oxygen atoms in total. The first-order valence-corrected chi connectivity index (χ1v) is 9.60. The third-order valence-corrected chi connectivity index (χ3v) is 4.37. The van der Waals surface area contributed by atoms with Crippen LogP contribution in [0.25, 0.3) is 0 Å². The first kappa shape index (κ1) is 21.8. The highest BCUT2D eigenvalue weighted by molar-refractivity contribution is 6.05. The second kappa shape index (κ2) is 10.2. The van der Waals surface area contributed by atoms with Gasteiger partial charge >= 0.3 is 0 Å². The summed E-state index contributed by atoms with van der Waals surface area (Å²) in [6, 6.07) is 16.1. The summed E-state index contributed by atoms with van der Waals surface area (Å²) in [6.07, 6.45) is 0.680. The molecule has 0 radical (unpaired) electrons. The summed E-state index contributed by atoms with van der Waals surface area (Å²) in [5.41, 5.74) is 1.01. The predicted octanol–water partition coefficient (Wildman–Crippen LogP) is 4.15. The second-order valence-corrected chi connectivity index (χ2v) is 6.75. The summed E-state index contributed by atoms with van der Waals surface area (Å²) >= 11 is 0. The van der Waals surface area contributed by atoms with E-state index in [1.807, 2.05) is 30.3 Å². The van der Waals surface area contributed by atoms with E-state index in [-0.39, 0.29) is 22.6 Å². The topological polar surface area (TPSA) is 90.5 Å². The maximum absolute atomic E-state index is 13.3. The molecular formula is C23H21F2N3O3. The van der Waals surface area contributed by atoms with Crippen LogP contribution in [0.5, 0.6) is 5.75 Å². The van der Waals surface area contributed by atoms with Crippen molar-refractivity contribution >= 4 is 23.2 Å². The van der Waals surface area contributed by atoms with Crippen LogP contribution < -0.4 is 16.0 Å². The number of nitrogens with one attached hydrogen (secondary N) is 3. The smallest absolute Gasteiger partial charge is 0.255 e. The highest BCUT2D eigenvalue weighted by Crippen LogP contribution is 2.22. The first-order valence-electron chi connectivity index (χ1n) is 9.60. The molecule has 2 amide bonds. The minimum atomic E-state index is -0.876. The molecule has 0 aliphatic rings. The van der Waals surface area contributed by atoms with E-state index in [0.717, 1.165) is 17.8 Å². The summed E-state index contributed by atoms with van der Waals surface area (Å²) in [6.45, 7) is 1.07. The number of hydrogen-bond donors (Lipinski definition) is 4.